The molecule has 2 fully saturated rings. The third-order valence-electron chi connectivity index (χ3n) is 3.30. The van der Waals surface area contributed by atoms with Crippen LogP contribution in [0.5, 0.6) is 0 Å². The smallest absolute Gasteiger partial charge is 0.110 e. The summed E-state index contributed by atoms with van der Waals surface area (Å²) >= 11 is 1.72. The normalized spacial score (nSPS) is 28.2. The second-order valence-electron chi connectivity index (χ2n) is 4.53. The Balaban J connectivity index is 1.74. The van der Waals surface area contributed by atoms with Crippen molar-refractivity contribution in [3.8, 4) is 0 Å². The van der Waals surface area contributed by atoms with Crippen molar-refractivity contribution in [2.75, 3.05) is 13.2 Å². The van der Waals surface area contributed by atoms with Crippen molar-refractivity contribution < 1.29 is 4.74 Å². The molecule has 0 radical (unpaired) electrons. The van der Waals surface area contributed by atoms with E-state index in [9.17, 15) is 0 Å². The molecule has 0 amide bonds. The highest BCUT2D eigenvalue weighted by Crippen LogP contribution is 2.40. The molecule has 82 valence electrons. The Labute approximate surface area is 93.7 Å². The van der Waals surface area contributed by atoms with Gasteiger partial charge in [0.15, 0.2) is 0 Å². The second-order valence-corrected chi connectivity index (χ2v) is 5.42. The summed E-state index contributed by atoms with van der Waals surface area (Å²) in [6.45, 7) is 1.72. The quantitative estimate of drug-likeness (QED) is 0.855. The summed E-state index contributed by atoms with van der Waals surface area (Å²) in [5.74, 6) is 1.21. The van der Waals surface area contributed by atoms with Gasteiger partial charge in [0.25, 0.3) is 0 Å². The fourth-order valence-electron chi connectivity index (χ4n) is 2.07. The first-order valence-electron chi connectivity index (χ1n) is 5.63. The molecule has 2 N–H and O–H groups in total. The Morgan fingerprint density at radius 1 is 1.47 bits per heavy atom. The lowest BCUT2D eigenvalue weighted by Gasteiger charge is -2.06. The summed E-state index contributed by atoms with van der Waals surface area (Å²) in [5, 5.41) is 3.29. The van der Waals surface area contributed by atoms with Crippen LogP contribution in [0.4, 0.5) is 0 Å². The fourth-order valence-corrected chi connectivity index (χ4v) is 3.06. The molecule has 15 heavy (non-hydrogen) atoms. The molecule has 3 rings (SSSR count). The molecule has 4 heteroatoms. The summed E-state index contributed by atoms with van der Waals surface area (Å²) < 4.78 is 5.37. The number of aromatic nitrogens is 1. The van der Waals surface area contributed by atoms with E-state index in [1.807, 2.05) is 0 Å². The maximum Gasteiger partial charge on any atom is 0.110 e. The van der Waals surface area contributed by atoms with Crippen molar-refractivity contribution in [1.29, 1.82) is 0 Å². The van der Waals surface area contributed by atoms with E-state index in [-0.39, 0.29) is 6.04 Å². The van der Waals surface area contributed by atoms with Gasteiger partial charge in [-0.25, -0.2) is 4.98 Å². The minimum atomic E-state index is 0.186. The van der Waals surface area contributed by atoms with Gasteiger partial charge >= 0.3 is 0 Å². The van der Waals surface area contributed by atoms with Gasteiger partial charge in [-0.15, -0.1) is 11.3 Å². The van der Waals surface area contributed by atoms with Crippen LogP contribution in [0.2, 0.25) is 0 Å². The van der Waals surface area contributed by atoms with Crippen molar-refractivity contribution >= 4 is 11.3 Å². The summed E-state index contributed by atoms with van der Waals surface area (Å²) in [6.07, 6.45) is 3.67. The summed E-state index contributed by atoms with van der Waals surface area (Å²) in [4.78, 5) is 4.67. The molecule has 1 aromatic heterocycles. The highest BCUT2D eigenvalue weighted by atomic mass is 32.1. The number of hydrogen-bond donors (Lipinski definition) is 1. The Morgan fingerprint density at radius 2 is 2.33 bits per heavy atom. The van der Waals surface area contributed by atoms with Crippen molar-refractivity contribution in [3.05, 3.63) is 16.1 Å². The van der Waals surface area contributed by atoms with Crippen LogP contribution in [0.3, 0.4) is 0 Å². The third kappa shape index (κ3) is 1.94. The maximum absolute atomic E-state index is 6.13. The van der Waals surface area contributed by atoms with E-state index in [4.69, 9.17) is 10.5 Å². The highest BCUT2D eigenvalue weighted by Gasteiger charge is 2.32. The first-order chi connectivity index (χ1) is 7.34. The molecule has 2 aliphatic rings. The SMILES string of the molecule is NC(c1nc(C2CCOC2)cs1)C1CC1. The number of nitrogens with two attached hydrogens (primary N) is 1. The van der Waals surface area contributed by atoms with Gasteiger partial charge in [0.05, 0.1) is 18.3 Å². The molecule has 1 aliphatic heterocycles. The Hall–Kier alpha value is -0.450. The molecule has 0 aromatic carbocycles. The lowest BCUT2D eigenvalue weighted by atomic mass is 10.1. The van der Waals surface area contributed by atoms with E-state index in [2.05, 4.69) is 10.4 Å². The van der Waals surface area contributed by atoms with E-state index in [1.54, 1.807) is 11.3 Å². The van der Waals surface area contributed by atoms with Crippen molar-refractivity contribution in [2.45, 2.75) is 31.2 Å². The van der Waals surface area contributed by atoms with Crippen LogP contribution in [0.25, 0.3) is 0 Å². The highest BCUT2D eigenvalue weighted by molar-refractivity contribution is 7.09. The van der Waals surface area contributed by atoms with Gasteiger partial charge in [0.1, 0.15) is 5.01 Å². The largest absolute Gasteiger partial charge is 0.381 e. The van der Waals surface area contributed by atoms with Crippen molar-refractivity contribution in [2.24, 2.45) is 11.7 Å². The predicted molar refractivity (Wildman–Crippen MR) is 59.9 cm³/mol. The molecule has 1 saturated carbocycles. The molecule has 2 atom stereocenters. The monoisotopic (exact) mass is 224 g/mol. The molecule has 0 spiro atoms. The van der Waals surface area contributed by atoms with E-state index < -0.39 is 0 Å². The molecule has 1 saturated heterocycles. The van der Waals surface area contributed by atoms with Gasteiger partial charge in [-0.05, 0) is 25.2 Å². The van der Waals surface area contributed by atoms with E-state index in [0.29, 0.717) is 11.8 Å². The molecule has 3 nitrogen and oxygen atoms in total. The van der Waals surface area contributed by atoms with Gasteiger partial charge in [0.2, 0.25) is 0 Å². The average Bonchev–Trinajstić information content (AvgIpc) is 2.80. The topological polar surface area (TPSA) is 48.1 Å². The molecule has 1 aromatic rings. The Kier molecular flexibility index (Phi) is 2.50. The summed E-state index contributed by atoms with van der Waals surface area (Å²) in [5.41, 5.74) is 7.33. The minimum absolute atomic E-state index is 0.186. The van der Waals surface area contributed by atoms with Gasteiger partial charge in [-0.2, -0.15) is 0 Å². The van der Waals surface area contributed by atoms with Crippen LogP contribution >= 0.6 is 11.3 Å². The summed E-state index contributed by atoms with van der Waals surface area (Å²) in [6, 6.07) is 0.186. The zero-order valence-corrected chi connectivity index (χ0v) is 9.50. The van der Waals surface area contributed by atoms with E-state index in [0.717, 1.165) is 24.6 Å². The number of rotatable bonds is 3. The maximum atomic E-state index is 6.13. The van der Waals surface area contributed by atoms with Crippen LogP contribution in [0.15, 0.2) is 5.38 Å². The standard InChI is InChI=1S/C11H16N2OS/c12-10(7-1-2-7)11-13-9(6-15-11)8-3-4-14-5-8/h6-8,10H,1-5,12H2. The molecular weight excluding hydrogens is 208 g/mol. The van der Waals surface area contributed by atoms with Crippen molar-refractivity contribution in [1.82, 2.24) is 4.98 Å². The number of nitrogens with zero attached hydrogens (tertiary/aromatic N) is 1. The lowest BCUT2D eigenvalue weighted by molar-refractivity contribution is 0.193. The van der Waals surface area contributed by atoms with E-state index >= 15 is 0 Å². The Morgan fingerprint density at radius 3 is 3.00 bits per heavy atom. The van der Waals surface area contributed by atoms with Gasteiger partial charge in [-0.1, -0.05) is 0 Å². The Bertz CT molecular complexity index is 326. The number of ether oxygens (including phenoxy) is 1. The molecule has 1 aliphatic carbocycles. The average molecular weight is 224 g/mol. The van der Waals surface area contributed by atoms with Crippen molar-refractivity contribution in [3.63, 3.8) is 0 Å². The van der Waals surface area contributed by atoms with Crippen LogP contribution in [0, 0.1) is 5.92 Å². The van der Waals surface area contributed by atoms with Crippen LogP contribution in [-0.2, 0) is 4.74 Å². The minimum Gasteiger partial charge on any atom is -0.381 e. The summed E-state index contributed by atoms with van der Waals surface area (Å²) in [7, 11) is 0. The zero-order chi connectivity index (χ0) is 10.3. The second kappa shape index (κ2) is 3.85. The van der Waals surface area contributed by atoms with Gasteiger partial charge in [0, 0.05) is 17.9 Å². The number of thiazole rings is 1. The lowest BCUT2D eigenvalue weighted by Crippen LogP contribution is -2.12. The van der Waals surface area contributed by atoms with Gasteiger partial charge < -0.3 is 10.5 Å². The first-order valence-corrected chi connectivity index (χ1v) is 6.51. The van der Waals surface area contributed by atoms with Crippen LogP contribution < -0.4 is 5.73 Å². The van der Waals surface area contributed by atoms with E-state index in [1.165, 1.54) is 18.5 Å². The molecular formula is C11H16N2OS. The first kappa shape index (κ1) is 9.75. The van der Waals surface area contributed by atoms with Crippen LogP contribution in [-0.4, -0.2) is 18.2 Å². The molecule has 2 heterocycles. The predicted octanol–water partition coefficient (Wildman–Crippen LogP) is 2.06. The molecule has 0 bridgehead atoms. The molecule has 2 unspecified atom stereocenters. The fraction of sp³-hybridized carbons (Fsp3) is 0.727. The van der Waals surface area contributed by atoms with Crippen LogP contribution in [0.1, 0.15) is 41.9 Å². The third-order valence-corrected chi connectivity index (χ3v) is 4.27. The zero-order valence-electron chi connectivity index (χ0n) is 8.69. The van der Waals surface area contributed by atoms with Gasteiger partial charge in [-0.3, -0.25) is 0 Å². The number of hydrogen-bond acceptors (Lipinski definition) is 4.